The van der Waals surface area contributed by atoms with E-state index >= 15 is 0 Å². The number of carbonyl (C=O) groups excluding carboxylic acids is 2. The first-order valence-electron chi connectivity index (χ1n) is 11.1. The molecule has 8 heteroatoms. The number of methoxy groups -OCH3 is 1. The van der Waals surface area contributed by atoms with Crippen LogP contribution in [0.25, 0.3) is 0 Å². The van der Waals surface area contributed by atoms with Crippen molar-refractivity contribution >= 4 is 34.5 Å². The Morgan fingerprint density at radius 2 is 1.67 bits per heavy atom. The molecular weight excluding hydrogens is 501 g/mol. The summed E-state index contributed by atoms with van der Waals surface area (Å²) in [7, 11) is 1.64. The molecule has 30 heavy (non-hydrogen) atoms. The van der Waals surface area contributed by atoms with Crippen molar-refractivity contribution < 1.29 is 28.5 Å². The highest BCUT2D eigenvalue weighted by Crippen LogP contribution is 2.50. The predicted molar refractivity (Wildman–Crippen MR) is 118 cm³/mol. The summed E-state index contributed by atoms with van der Waals surface area (Å²) >= 11 is 2.29. The molecule has 1 N–H and O–H groups in total. The summed E-state index contributed by atoms with van der Waals surface area (Å²) in [5.41, 5.74) is -0.431. The molecular formula is C22H34INO6. The molecule has 7 atom stereocenters. The summed E-state index contributed by atoms with van der Waals surface area (Å²) in [6.45, 7) is 5.35. The van der Waals surface area contributed by atoms with Gasteiger partial charge in [-0.05, 0) is 52.4 Å². The molecule has 2 aliphatic heterocycles. The van der Waals surface area contributed by atoms with Crippen molar-refractivity contribution in [1.82, 2.24) is 5.32 Å². The summed E-state index contributed by atoms with van der Waals surface area (Å²) in [5, 5.41) is 3.11. The van der Waals surface area contributed by atoms with Crippen LogP contribution in [0, 0.1) is 17.3 Å². The largest absolute Gasteiger partial charge is 0.465 e. The number of alkyl halides is 1. The Hall–Kier alpha value is -0.450. The topological polar surface area (TPSA) is 89.7 Å². The lowest BCUT2D eigenvalue weighted by Gasteiger charge is -2.33. The van der Waals surface area contributed by atoms with Gasteiger partial charge >= 0.3 is 5.97 Å². The predicted octanol–water partition coefficient (Wildman–Crippen LogP) is 2.63. The highest BCUT2D eigenvalue weighted by Gasteiger charge is 2.57. The number of ether oxygens (including phenoxy) is 4. The fourth-order valence-electron chi connectivity index (χ4n) is 5.08. The van der Waals surface area contributed by atoms with Crippen LogP contribution in [0.5, 0.6) is 0 Å². The van der Waals surface area contributed by atoms with Crippen LogP contribution in [0.1, 0.15) is 52.4 Å². The zero-order chi connectivity index (χ0) is 21.6. The molecule has 0 aromatic carbocycles. The quantitative estimate of drug-likeness (QED) is 0.211. The van der Waals surface area contributed by atoms with E-state index in [0.717, 1.165) is 43.0 Å². The second-order valence-electron chi connectivity index (χ2n) is 10.2. The number of hydrogen-bond acceptors (Lipinski definition) is 6. The smallest absolute Gasteiger partial charge is 0.309 e. The molecule has 4 fully saturated rings. The molecule has 0 bridgehead atoms. The van der Waals surface area contributed by atoms with Crippen molar-refractivity contribution in [3.05, 3.63) is 0 Å². The van der Waals surface area contributed by atoms with E-state index in [0.29, 0.717) is 13.2 Å². The van der Waals surface area contributed by atoms with Gasteiger partial charge in [-0.2, -0.15) is 0 Å². The molecule has 2 saturated carbocycles. The van der Waals surface area contributed by atoms with Crippen LogP contribution in [0.4, 0.5) is 0 Å². The van der Waals surface area contributed by atoms with Gasteiger partial charge in [0, 0.05) is 24.0 Å². The molecule has 7 nitrogen and oxygen atoms in total. The number of hydrogen-bond donors (Lipinski definition) is 1. The Morgan fingerprint density at radius 1 is 1.07 bits per heavy atom. The minimum Gasteiger partial charge on any atom is -0.465 e. The lowest BCUT2D eigenvalue weighted by Crippen LogP contribution is -2.47. The third-order valence-corrected chi connectivity index (χ3v) is 9.26. The second-order valence-corrected chi connectivity index (χ2v) is 10.9. The summed E-state index contributed by atoms with van der Waals surface area (Å²) in [4.78, 5) is 25.4. The SMILES string of the molecule is COCC(CI)(CNC(=O)C1CCC2(C)OC2C1)COC(=O)C1CCC2(C)OC2C1. The Kier molecular flexibility index (Phi) is 6.43. The number of halogens is 1. The molecule has 0 aromatic rings. The molecule has 7 unspecified atom stereocenters. The highest BCUT2D eigenvalue weighted by atomic mass is 127. The van der Waals surface area contributed by atoms with Crippen LogP contribution < -0.4 is 5.32 Å². The molecule has 4 aliphatic rings. The van der Waals surface area contributed by atoms with E-state index in [1.54, 1.807) is 7.11 Å². The maximum atomic E-state index is 12.8. The van der Waals surface area contributed by atoms with E-state index in [1.807, 2.05) is 0 Å². The second kappa shape index (κ2) is 8.48. The number of carbonyl (C=O) groups is 2. The number of fused-ring (bicyclic) bond motifs is 2. The molecule has 0 aromatic heterocycles. The van der Waals surface area contributed by atoms with Gasteiger partial charge in [0.2, 0.25) is 5.91 Å². The number of rotatable bonds is 9. The minimum atomic E-state index is -0.431. The van der Waals surface area contributed by atoms with Crippen molar-refractivity contribution in [2.45, 2.75) is 75.8 Å². The first kappa shape index (κ1) is 22.7. The lowest BCUT2D eigenvalue weighted by molar-refractivity contribution is -0.153. The van der Waals surface area contributed by atoms with Crippen LogP contribution in [-0.4, -0.2) is 66.6 Å². The van der Waals surface area contributed by atoms with Gasteiger partial charge in [0.05, 0.1) is 41.3 Å². The van der Waals surface area contributed by atoms with Gasteiger partial charge in [-0.15, -0.1) is 0 Å². The van der Waals surface area contributed by atoms with Gasteiger partial charge in [-0.1, -0.05) is 22.6 Å². The van der Waals surface area contributed by atoms with Gasteiger partial charge in [0.25, 0.3) is 0 Å². The van der Waals surface area contributed by atoms with Crippen molar-refractivity contribution in [2.75, 3.05) is 31.3 Å². The van der Waals surface area contributed by atoms with E-state index in [1.165, 1.54) is 0 Å². The fraction of sp³-hybridized carbons (Fsp3) is 0.909. The molecule has 0 spiro atoms. The maximum Gasteiger partial charge on any atom is 0.309 e. The molecule has 4 rings (SSSR count). The normalized spacial score (nSPS) is 41.1. The van der Waals surface area contributed by atoms with Crippen LogP contribution in [-0.2, 0) is 28.5 Å². The number of esters is 1. The summed E-state index contributed by atoms with van der Waals surface area (Å²) in [6, 6.07) is 0. The zero-order valence-corrected chi connectivity index (χ0v) is 20.4. The van der Waals surface area contributed by atoms with E-state index in [2.05, 4.69) is 41.8 Å². The molecule has 1 amide bonds. The van der Waals surface area contributed by atoms with E-state index in [9.17, 15) is 9.59 Å². The average molecular weight is 535 g/mol. The molecule has 0 radical (unpaired) electrons. The van der Waals surface area contributed by atoms with Crippen molar-refractivity contribution in [3.63, 3.8) is 0 Å². The Labute approximate surface area is 192 Å². The van der Waals surface area contributed by atoms with Gasteiger partial charge in [0.1, 0.15) is 6.61 Å². The standard InChI is InChI=1S/C22H34INO6/c1-20-6-4-14(8-16(20)29-20)18(25)24-11-22(10-23,12-27-3)13-28-19(26)15-5-7-21(2)17(9-15)30-21/h14-17H,4-13H2,1-3H3,(H,24,25). The van der Waals surface area contributed by atoms with Crippen molar-refractivity contribution in [3.8, 4) is 0 Å². The third kappa shape index (κ3) is 4.66. The monoisotopic (exact) mass is 535 g/mol. The van der Waals surface area contributed by atoms with Crippen LogP contribution in [0.2, 0.25) is 0 Å². The molecule has 170 valence electrons. The summed E-state index contributed by atoms with van der Waals surface area (Å²) in [5.74, 6) is -0.175. The van der Waals surface area contributed by atoms with Gasteiger partial charge in [-0.3, -0.25) is 9.59 Å². The molecule has 2 aliphatic carbocycles. The van der Waals surface area contributed by atoms with Gasteiger partial charge in [0.15, 0.2) is 0 Å². The Bertz CT molecular complexity index is 639. The van der Waals surface area contributed by atoms with E-state index in [-0.39, 0.29) is 53.7 Å². The minimum absolute atomic E-state index is 0.00216. The molecule has 2 saturated heterocycles. The Morgan fingerprint density at radius 3 is 2.23 bits per heavy atom. The highest BCUT2D eigenvalue weighted by molar-refractivity contribution is 14.1. The van der Waals surface area contributed by atoms with E-state index < -0.39 is 5.41 Å². The molecule has 2 heterocycles. The average Bonchev–Trinajstić information content (AvgIpc) is 3.61. The maximum absolute atomic E-state index is 12.8. The van der Waals surface area contributed by atoms with Crippen molar-refractivity contribution in [2.24, 2.45) is 17.3 Å². The van der Waals surface area contributed by atoms with Crippen LogP contribution in [0.15, 0.2) is 0 Å². The number of nitrogens with one attached hydrogen (secondary N) is 1. The first-order valence-corrected chi connectivity index (χ1v) is 12.6. The number of amides is 1. The number of epoxide rings is 2. The fourth-order valence-corrected chi connectivity index (χ4v) is 5.79. The van der Waals surface area contributed by atoms with Gasteiger partial charge < -0.3 is 24.3 Å². The first-order chi connectivity index (χ1) is 14.2. The van der Waals surface area contributed by atoms with Gasteiger partial charge in [-0.25, -0.2) is 0 Å². The van der Waals surface area contributed by atoms with Crippen LogP contribution in [0.3, 0.4) is 0 Å². The van der Waals surface area contributed by atoms with Crippen molar-refractivity contribution in [1.29, 1.82) is 0 Å². The summed E-state index contributed by atoms with van der Waals surface area (Å²) < 4.78 is 23.3. The lowest BCUT2D eigenvalue weighted by atomic mass is 9.82. The summed E-state index contributed by atoms with van der Waals surface area (Å²) in [6.07, 6.45) is 5.49. The van der Waals surface area contributed by atoms with E-state index in [4.69, 9.17) is 18.9 Å². The third-order valence-electron chi connectivity index (χ3n) is 7.64. The van der Waals surface area contributed by atoms with Crippen LogP contribution >= 0.6 is 22.6 Å². The Balaban J connectivity index is 1.27. The zero-order valence-electron chi connectivity index (χ0n) is 18.2.